The highest BCUT2D eigenvalue weighted by Gasteiger charge is 2.13. The van der Waals surface area contributed by atoms with Crippen molar-refractivity contribution in [2.45, 2.75) is 13.2 Å². The minimum absolute atomic E-state index is 0.0417. The molecule has 1 N–H and O–H groups in total. The molecular weight excluding hydrogens is 120 g/mol. The maximum atomic E-state index is 8.61. The Morgan fingerprint density at radius 2 is 1.78 bits per heavy atom. The van der Waals surface area contributed by atoms with Crippen molar-refractivity contribution in [1.29, 1.82) is 0 Å². The molecule has 3 heteroatoms. The fourth-order valence-corrected chi connectivity index (χ4v) is 0.647. The van der Waals surface area contributed by atoms with Crippen molar-refractivity contribution in [3.8, 4) is 0 Å². The average Bonchev–Trinajstić information content (AvgIpc) is 1.90. The number of rotatable bonds is 4. The van der Waals surface area contributed by atoms with Gasteiger partial charge in [0.15, 0.2) is 6.29 Å². The van der Waals surface area contributed by atoms with Crippen LogP contribution in [0, 0.1) is 5.92 Å². The van der Waals surface area contributed by atoms with Crippen LogP contribution in [0.2, 0.25) is 0 Å². The monoisotopic (exact) mass is 134 g/mol. The van der Waals surface area contributed by atoms with Gasteiger partial charge in [0.2, 0.25) is 0 Å². The molecule has 9 heavy (non-hydrogen) atoms. The topological polar surface area (TPSA) is 38.7 Å². The van der Waals surface area contributed by atoms with E-state index in [0.29, 0.717) is 0 Å². The van der Waals surface area contributed by atoms with E-state index in [-0.39, 0.29) is 18.8 Å². The molecular formula is C6H14O3. The molecule has 0 bridgehead atoms. The van der Waals surface area contributed by atoms with Crippen LogP contribution >= 0.6 is 0 Å². The minimum atomic E-state index is -0.282. The molecule has 56 valence electrons. The van der Waals surface area contributed by atoms with Gasteiger partial charge in [-0.1, -0.05) is 6.92 Å². The molecule has 0 aliphatic rings. The summed E-state index contributed by atoms with van der Waals surface area (Å²) in [6.07, 6.45) is -0.282. The quantitative estimate of drug-likeness (QED) is 0.559. The number of aliphatic hydroxyl groups excluding tert-OH is 1. The molecule has 0 aliphatic heterocycles. The van der Waals surface area contributed by atoms with Gasteiger partial charge in [-0.05, 0) is 0 Å². The Labute approximate surface area is 55.6 Å². The van der Waals surface area contributed by atoms with Crippen LogP contribution in [0.15, 0.2) is 0 Å². The summed E-state index contributed by atoms with van der Waals surface area (Å²) in [7, 11) is 3.11. The first-order valence-corrected chi connectivity index (χ1v) is 2.92. The van der Waals surface area contributed by atoms with E-state index in [9.17, 15) is 0 Å². The van der Waals surface area contributed by atoms with E-state index in [4.69, 9.17) is 14.6 Å². The molecule has 0 fully saturated rings. The highest BCUT2D eigenvalue weighted by Crippen LogP contribution is 2.04. The summed E-state index contributed by atoms with van der Waals surface area (Å²) in [5.41, 5.74) is 0. The molecule has 0 rings (SSSR count). The fourth-order valence-electron chi connectivity index (χ4n) is 0.647. The molecule has 0 aromatic heterocycles. The predicted octanol–water partition coefficient (Wildman–Crippen LogP) is 0.234. The van der Waals surface area contributed by atoms with Crippen LogP contribution in [0.25, 0.3) is 0 Å². The van der Waals surface area contributed by atoms with Crippen molar-refractivity contribution in [2.75, 3.05) is 20.8 Å². The highest BCUT2D eigenvalue weighted by molar-refractivity contribution is 4.52. The summed E-state index contributed by atoms with van der Waals surface area (Å²) in [6.45, 7) is 1.95. The van der Waals surface area contributed by atoms with Crippen LogP contribution in [0.5, 0.6) is 0 Å². The normalized spacial score (nSPS) is 14.3. The van der Waals surface area contributed by atoms with E-state index < -0.39 is 0 Å². The first-order valence-electron chi connectivity index (χ1n) is 2.92. The largest absolute Gasteiger partial charge is 0.396 e. The van der Waals surface area contributed by atoms with Gasteiger partial charge in [0.05, 0.1) is 6.61 Å². The maximum absolute atomic E-state index is 8.61. The molecule has 0 aromatic carbocycles. The Bertz CT molecular complexity index is 61.3. The summed E-state index contributed by atoms with van der Waals surface area (Å²) in [5.74, 6) is 0.0417. The van der Waals surface area contributed by atoms with Crippen molar-refractivity contribution >= 4 is 0 Å². The van der Waals surface area contributed by atoms with Crippen molar-refractivity contribution in [2.24, 2.45) is 5.92 Å². The zero-order valence-corrected chi connectivity index (χ0v) is 6.13. The van der Waals surface area contributed by atoms with Crippen LogP contribution < -0.4 is 0 Å². The SMILES string of the molecule is COC(OC)[C@H](C)CO. The molecule has 0 saturated heterocycles. The Morgan fingerprint density at radius 3 is 1.89 bits per heavy atom. The van der Waals surface area contributed by atoms with Crippen molar-refractivity contribution in [3.05, 3.63) is 0 Å². The second kappa shape index (κ2) is 4.73. The minimum Gasteiger partial charge on any atom is -0.396 e. The Morgan fingerprint density at radius 1 is 1.33 bits per heavy atom. The standard InChI is InChI=1S/C6H14O3/c1-5(4-7)6(8-2)9-3/h5-7H,4H2,1-3H3/t5-/m1/s1. The van der Waals surface area contributed by atoms with E-state index in [1.54, 1.807) is 14.2 Å². The zero-order valence-electron chi connectivity index (χ0n) is 6.13. The van der Waals surface area contributed by atoms with Gasteiger partial charge < -0.3 is 14.6 Å². The molecule has 3 nitrogen and oxygen atoms in total. The molecule has 0 radical (unpaired) electrons. The average molecular weight is 134 g/mol. The van der Waals surface area contributed by atoms with Crippen molar-refractivity contribution < 1.29 is 14.6 Å². The van der Waals surface area contributed by atoms with E-state index in [0.717, 1.165) is 0 Å². The van der Waals surface area contributed by atoms with E-state index >= 15 is 0 Å². The summed E-state index contributed by atoms with van der Waals surface area (Å²) < 4.78 is 9.74. The summed E-state index contributed by atoms with van der Waals surface area (Å²) in [6, 6.07) is 0. The molecule has 0 aromatic rings. The third-order valence-electron chi connectivity index (χ3n) is 1.22. The lowest BCUT2D eigenvalue weighted by atomic mass is 10.2. The second-order valence-electron chi connectivity index (χ2n) is 2.00. The van der Waals surface area contributed by atoms with Gasteiger partial charge in [0.25, 0.3) is 0 Å². The van der Waals surface area contributed by atoms with Crippen molar-refractivity contribution in [1.82, 2.24) is 0 Å². The van der Waals surface area contributed by atoms with Crippen LogP contribution in [0.3, 0.4) is 0 Å². The van der Waals surface area contributed by atoms with Gasteiger partial charge in [0, 0.05) is 20.1 Å². The second-order valence-corrected chi connectivity index (χ2v) is 2.00. The number of hydrogen-bond donors (Lipinski definition) is 1. The van der Waals surface area contributed by atoms with Gasteiger partial charge in [-0.2, -0.15) is 0 Å². The van der Waals surface area contributed by atoms with Gasteiger partial charge >= 0.3 is 0 Å². The Kier molecular flexibility index (Phi) is 4.67. The number of methoxy groups -OCH3 is 2. The van der Waals surface area contributed by atoms with Gasteiger partial charge in [0.1, 0.15) is 0 Å². The molecule has 0 saturated carbocycles. The van der Waals surface area contributed by atoms with E-state index in [2.05, 4.69) is 0 Å². The van der Waals surface area contributed by atoms with Gasteiger partial charge in [-0.3, -0.25) is 0 Å². The Balaban J connectivity index is 3.50. The third-order valence-corrected chi connectivity index (χ3v) is 1.22. The van der Waals surface area contributed by atoms with Crippen LogP contribution in [0.4, 0.5) is 0 Å². The lowest BCUT2D eigenvalue weighted by Gasteiger charge is -2.18. The zero-order chi connectivity index (χ0) is 7.28. The Hall–Kier alpha value is -0.120. The first kappa shape index (κ1) is 8.88. The van der Waals surface area contributed by atoms with Gasteiger partial charge in [-0.25, -0.2) is 0 Å². The first-order chi connectivity index (χ1) is 4.26. The van der Waals surface area contributed by atoms with Crippen LogP contribution in [0.1, 0.15) is 6.92 Å². The lowest BCUT2D eigenvalue weighted by molar-refractivity contribution is -0.141. The summed E-state index contributed by atoms with van der Waals surface area (Å²) in [5, 5.41) is 8.61. The number of hydrogen-bond acceptors (Lipinski definition) is 3. The summed E-state index contributed by atoms with van der Waals surface area (Å²) in [4.78, 5) is 0. The fraction of sp³-hybridized carbons (Fsp3) is 1.00. The van der Waals surface area contributed by atoms with Crippen LogP contribution in [-0.2, 0) is 9.47 Å². The molecule has 0 aliphatic carbocycles. The molecule has 1 atom stereocenters. The molecule has 0 heterocycles. The van der Waals surface area contributed by atoms with Crippen molar-refractivity contribution in [3.63, 3.8) is 0 Å². The lowest BCUT2D eigenvalue weighted by Crippen LogP contribution is -2.24. The smallest absolute Gasteiger partial charge is 0.161 e. The predicted molar refractivity (Wildman–Crippen MR) is 34.1 cm³/mol. The maximum Gasteiger partial charge on any atom is 0.161 e. The van der Waals surface area contributed by atoms with Crippen LogP contribution in [-0.4, -0.2) is 32.2 Å². The van der Waals surface area contributed by atoms with E-state index in [1.807, 2.05) is 6.92 Å². The molecule has 0 amide bonds. The molecule has 0 spiro atoms. The highest BCUT2D eigenvalue weighted by atomic mass is 16.7. The van der Waals surface area contributed by atoms with Gasteiger partial charge in [-0.15, -0.1) is 0 Å². The van der Waals surface area contributed by atoms with E-state index in [1.165, 1.54) is 0 Å². The molecule has 0 unspecified atom stereocenters. The summed E-state index contributed by atoms with van der Waals surface area (Å²) >= 11 is 0. The number of ether oxygens (including phenoxy) is 2. The number of aliphatic hydroxyl groups is 1. The third kappa shape index (κ3) is 2.79.